The first-order valence-corrected chi connectivity index (χ1v) is 9.62. The van der Waals surface area contributed by atoms with Gasteiger partial charge in [0.15, 0.2) is 0 Å². The summed E-state index contributed by atoms with van der Waals surface area (Å²) in [5, 5.41) is 0. The highest BCUT2D eigenvalue weighted by atomic mass is 16.5. The van der Waals surface area contributed by atoms with Crippen LogP contribution in [-0.4, -0.2) is 25.6 Å². The molecule has 0 unspecified atom stereocenters. The van der Waals surface area contributed by atoms with E-state index >= 15 is 0 Å². The van der Waals surface area contributed by atoms with E-state index in [2.05, 4.69) is 23.1 Å². The minimum Gasteiger partial charge on any atom is -0.490 e. The third-order valence-electron chi connectivity index (χ3n) is 4.07. The predicted octanol–water partition coefficient (Wildman–Crippen LogP) is 6.32. The number of ether oxygens (including phenoxy) is 2. The Kier molecular flexibility index (Phi) is 7.75. The third kappa shape index (κ3) is 6.60. The smallest absolute Gasteiger partial charge is 0.119 e. The van der Waals surface area contributed by atoms with Gasteiger partial charge >= 0.3 is 0 Å². The number of rotatable bonds is 10. The van der Waals surface area contributed by atoms with Gasteiger partial charge in [0.05, 0.1) is 11.4 Å². The molecule has 0 amide bonds. The van der Waals surface area contributed by atoms with Crippen molar-refractivity contribution in [3.05, 3.63) is 109 Å². The molecule has 150 valence electrons. The van der Waals surface area contributed by atoms with Crippen LogP contribution in [0.4, 0.5) is 11.4 Å². The van der Waals surface area contributed by atoms with E-state index in [1.54, 1.807) is 12.2 Å². The van der Waals surface area contributed by atoms with E-state index in [0.717, 1.165) is 34.0 Å². The van der Waals surface area contributed by atoms with E-state index < -0.39 is 0 Å². The molecule has 0 aromatic heterocycles. The normalized spacial score (nSPS) is 10.9. The zero-order valence-corrected chi connectivity index (χ0v) is 16.8. The molecular weight excluding hydrogens is 372 g/mol. The van der Waals surface area contributed by atoms with Gasteiger partial charge in [-0.2, -0.15) is 0 Å². The standard InChI is InChI=1S/C26H24N2O2/c1-3-17-29-25-13-5-21(6-14-25)19-27-23-9-11-24(12-10-23)28-20-22-7-15-26(16-8-22)30-18-4-2/h3-16,19-20H,1-2,17-18H2. The van der Waals surface area contributed by atoms with Crippen LogP contribution in [0.3, 0.4) is 0 Å². The van der Waals surface area contributed by atoms with Gasteiger partial charge in [-0.05, 0) is 83.9 Å². The Morgan fingerprint density at radius 1 is 0.567 bits per heavy atom. The maximum Gasteiger partial charge on any atom is 0.119 e. The minimum absolute atomic E-state index is 0.498. The van der Waals surface area contributed by atoms with E-state index in [9.17, 15) is 0 Å². The first-order valence-electron chi connectivity index (χ1n) is 9.62. The molecule has 0 atom stereocenters. The highest BCUT2D eigenvalue weighted by Gasteiger charge is 1.95. The molecule has 4 heteroatoms. The van der Waals surface area contributed by atoms with Crippen molar-refractivity contribution in [2.45, 2.75) is 0 Å². The zero-order valence-electron chi connectivity index (χ0n) is 16.8. The Morgan fingerprint density at radius 2 is 0.933 bits per heavy atom. The van der Waals surface area contributed by atoms with E-state index in [-0.39, 0.29) is 0 Å². The Labute approximate surface area is 177 Å². The van der Waals surface area contributed by atoms with Crippen molar-refractivity contribution < 1.29 is 9.47 Å². The fraction of sp³-hybridized carbons (Fsp3) is 0.0769. The molecule has 0 spiro atoms. The predicted molar refractivity (Wildman–Crippen MR) is 125 cm³/mol. The molecule has 3 aromatic rings. The first kappa shape index (κ1) is 20.8. The number of aliphatic imine (C=N–C) groups is 2. The van der Waals surface area contributed by atoms with Gasteiger partial charge in [0.25, 0.3) is 0 Å². The summed E-state index contributed by atoms with van der Waals surface area (Å²) in [7, 11) is 0. The summed E-state index contributed by atoms with van der Waals surface area (Å²) in [5.74, 6) is 1.63. The van der Waals surface area contributed by atoms with Gasteiger partial charge in [0, 0.05) is 12.4 Å². The van der Waals surface area contributed by atoms with Gasteiger partial charge in [-0.25, -0.2) is 0 Å². The summed E-state index contributed by atoms with van der Waals surface area (Å²) in [4.78, 5) is 9.01. The molecule has 0 fully saturated rings. The van der Waals surface area contributed by atoms with Crippen LogP contribution in [0.2, 0.25) is 0 Å². The lowest BCUT2D eigenvalue weighted by Gasteiger charge is -2.03. The summed E-state index contributed by atoms with van der Waals surface area (Å²) < 4.78 is 11.0. The second-order valence-corrected chi connectivity index (χ2v) is 6.37. The molecule has 0 bridgehead atoms. The average Bonchev–Trinajstić information content (AvgIpc) is 2.80. The molecular formula is C26H24N2O2. The van der Waals surface area contributed by atoms with Crippen LogP contribution < -0.4 is 9.47 Å². The van der Waals surface area contributed by atoms with Gasteiger partial charge in [0.2, 0.25) is 0 Å². The summed E-state index contributed by atoms with van der Waals surface area (Å²) in [6, 6.07) is 23.3. The van der Waals surface area contributed by atoms with Gasteiger partial charge in [-0.3, -0.25) is 9.98 Å². The lowest BCUT2D eigenvalue weighted by molar-refractivity contribution is 0.363. The molecule has 0 saturated carbocycles. The second kappa shape index (κ2) is 11.2. The first-order chi connectivity index (χ1) is 14.8. The molecule has 30 heavy (non-hydrogen) atoms. The largest absolute Gasteiger partial charge is 0.490 e. The summed E-state index contributed by atoms with van der Waals surface area (Å²) in [6.45, 7) is 8.27. The van der Waals surface area contributed by atoms with E-state index in [1.165, 1.54) is 0 Å². The maximum atomic E-state index is 5.48. The highest BCUT2D eigenvalue weighted by Crippen LogP contribution is 2.19. The van der Waals surface area contributed by atoms with Crippen molar-refractivity contribution in [1.82, 2.24) is 0 Å². The SMILES string of the molecule is C=CCOc1ccc(C=Nc2ccc(N=Cc3ccc(OCC=C)cc3)cc2)cc1. The molecule has 3 rings (SSSR count). The average molecular weight is 396 g/mol. The van der Waals surface area contributed by atoms with Gasteiger partial charge < -0.3 is 9.47 Å². The Hall–Kier alpha value is -3.92. The molecule has 0 radical (unpaired) electrons. The summed E-state index contributed by atoms with van der Waals surface area (Å²) >= 11 is 0. The third-order valence-corrected chi connectivity index (χ3v) is 4.07. The zero-order chi connectivity index (χ0) is 21.0. The molecule has 0 saturated heterocycles. The van der Waals surface area contributed by atoms with Crippen LogP contribution in [0.1, 0.15) is 11.1 Å². The number of hydrogen-bond acceptors (Lipinski definition) is 4. The number of nitrogens with zero attached hydrogens (tertiary/aromatic N) is 2. The van der Waals surface area contributed by atoms with Gasteiger partial charge in [-0.1, -0.05) is 25.3 Å². The van der Waals surface area contributed by atoms with Crippen molar-refractivity contribution >= 4 is 23.8 Å². The van der Waals surface area contributed by atoms with Crippen LogP contribution in [0, 0.1) is 0 Å². The Morgan fingerprint density at radius 3 is 1.27 bits per heavy atom. The molecule has 0 aliphatic heterocycles. The van der Waals surface area contributed by atoms with Crippen LogP contribution >= 0.6 is 0 Å². The molecule has 0 heterocycles. The Balaban J connectivity index is 1.56. The lowest BCUT2D eigenvalue weighted by atomic mass is 10.2. The van der Waals surface area contributed by atoms with Gasteiger partial charge in [0.1, 0.15) is 24.7 Å². The lowest BCUT2D eigenvalue weighted by Crippen LogP contribution is -1.92. The summed E-state index contributed by atoms with van der Waals surface area (Å²) in [6.07, 6.45) is 7.09. The summed E-state index contributed by atoms with van der Waals surface area (Å²) in [5.41, 5.74) is 3.74. The number of hydrogen-bond donors (Lipinski definition) is 0. The second-order valence-electron chi connectivity index (χ2n) is 6.37. The van der Waals surface area contributed by atoms with Gasteiger partial charge in [-0.15, -0.1) is 0 Å². The molecule has 4 nitrogen and oxygen atoms in total. The molecule has 3 aromatic carbocycles. The fourth-order valence-corrected chi connectivity index (χ4v) is 2.53. The minimum atomic E-state index is 0.498. The van der Waals surface area contributed by atoms with Crippen LogP contribution in [0.5, 0.6) is 11.5 Å². The van der Waals surface area contributed by atoms with Crippen molar-refractivity contribution in [2.75, 3.05) is 13.2 Å². The molecule has 0 aliphatic carbocycles. The quantitative estimate of drug-likeness (QED) is 0.297. The van der Waals surface area contributed by atoms with Crippen molar-refractivity contribution in [3.8, 4) is 11.5 Å². The van der Waals surface area contributed by atoms with Crippen molar-refractivity contribution in [2.24, 2.45) is 9.98 Å². The van der Waals surface area contributed by atoms with E-state index in [1.807, 2.05) is 85.2 Å². The Bertz CT molecular complexity index is 918. The maximum absolute atomic E-state index is 5.48. The van der Waals surface area contributed by atoms with E-state index in [4.69, 9.17) is 9.47 Å². The van der Waals surface area contributed by atoms with Crippen LogP contribution in [0.15, 0.2) is 108 Å². The van der Waals surface area contributed by atoms with Crippen LogP contribution in [-0.2, 0) is 0 Å². The molecule has 0 N–H and O–H groups in total. The van der Waals surface area contributed by atoms with E-state index in [0.29, 0.717) is 13.2 Å². The van der Waals surface area contributed by atoms with Crippen molar-refractivity contribution in [3.63, 3.8) is 0 Å². The molecule has 0 aliphatic rings. The number of benzene rings is 3. The highest BCUT2D eigenvalue weighted by molar-refractivity contribution is 5.83. The fourth-order valence-electron chi connectivity index (χ4n) is 2.53. The van der Waals surface area contributed by atoms with Crippen molar-refractivity contribution in [1.29, 1.82) is 0 Å². The van der Waals surface area contributed by atoms with Crippen LogP contribution in [0.25, 0.3) is 0 Å². The topological polar surface area (TPSA) is 43.2 Å². The monoisotopic (exact) mass is 396 g/mol.